The zero-order valence-corrected chi connectivity index (χ0v) is 18.4. The number of hydrogen-bond acceptors (Lipinski definition) is 6. The third-order valence-corrected chi connectivity index (χ3v) is 7.40. The van der Waals surface area contributed by atoms with Gasteiger partial charge in [0.2, 0.25) is 11.8 Å². The maximum atomic E-state index is 13.0. The molecule has 31 heavy (non-hydrogen) atoms. The predicted molar refractivity (Wildman–Crippen MR) is 127 cm³/mol. The number of nitrogens with two attached hydrogens (primary N) is 1. The highest BCUT2D eigenvalue weighted by molar-refractivity contribution is 8.00. The lowest BCUT2D eigenvalue weighted by Crippen LogP contribution is -2.31. The van der Waals surface area contributed by atoms with Crippen molar-refractivity contribution in [3.05, 3.63) is 72.3 Å². The largest absolute Gasteiger partial charge is 0.399 e. The Morgan fingerprint density at radius 3 is 2.65 bits per heavy atom. The van der Waals surface area contributed by atoms with Crippen molar-refractivity contribution in [3.8, 4) is 10.6 Å². The van der Waals surface area contributed by atoms with E-state index in [1.165, 1.54) is 22.2 Å². The molecule has 5 rings (SSSR count). The van der Waals surface area contributed by atoms with Crippen molar-refractivity contribution in [2.24, 2.45) is 0 Å². The molecule has 2 N–H and O–H groups in total. The molecule has 0 saturated carbocycles. The SMILES string of the molecule is Cc1ccc2nc(-c3ccc(N4C(=O)C[C@H](Sc5cccc(N)c5)C4=O)cc3)sc2c1. The molecule has 2 heterocycles. The fourth-order valence-electron chi connectivity index (χ4n) is 3.63. The van der Waals surface area contributed by atoms with Crippen LogP contribution in [0.2, 0.25) is 0 Å². The molecule has 0 unspecified atom stereocenters. The molecular formula is C24H19N3O2S2. The van der Waals surface area contributed by atoms with E-state index in [0.29, 0.717) is 11.4 Å². The van der Waals surface area contributed by atoms with Crippen molar-refractivity contribution in [2.45, 2.75) is 23.5 Å². The van der Waals surface area contributed by atoms with Crippen molar-refractivity contribution in [2.75, 3.05) is 10.6 Å². The molecule has 2 amide bonds. The predicted octanol–water partition coefficient (Wildman–Crippen LogP) is 5.28. The fraction of sp³-hybridized carbons (Fsp3) is 0.125. The number of aromatic nitrogens is 1. The molecule has 5 nitrogen and oxygen atoms in total. The average molecular weight is 446 g/mol. The van der Waals surface area contributed by atoms with E-state index in [0.717, 1.165) is 25.7 Å². The first-order chi connectivity index (χ1) is 15.0. The van der Waals surface area contributed by atoms with Crippen molar-refractivity contribution in [1.82, 2.24) is 4.98 Å². The van der Waals surface area contributed by atoms with Gasteiger partial charge in [-0.2, -0.15) is 0 Å². The first-order valence-corrected chi connectivity index (χ1v) is 11.5. The normalized spacial score (nSPS) is 16.4. The number of carbonyl (C=O) groups is 2. The van der Waals surface area contributed by atoms with Crippen LogP contribution in [0.4, 0.5) is 11.4 Å². The van der Waals surface area contributed by atoms with E-state index < -0.39 is 5.25 Å². The summed E-state index contributed by atoms with van der Waals surface area (Å²) in [5.74, 6) is -0.379. The van der Waals surface area contributed by atoms with Crippen LogP contribution in [0.25, 0.3) is 20.8 Å². The third-order valence-electron chi connectivity index (χ3n) is 5.16. The van der Waals surface area contributed by atoms with Crippen LogP contribution in [-0.2, 0) is 9.59 Å². The summed E-state index contributed by atoms with van der Waals surface area (Å²) < 4.78 is 1.14. The van der Waals surface area contributed by atoms with Crippen LogP contribution in [0.1, 0.15) is 12.0 Å². The molecule has 4 aromatic rings. The smallest absolute Gasteiger partial charge is 0.247 e. The van der Waals surface area contributed by atoms with Gasteiger partial charge in [0.1, 0.15) is 5.01 Å². The molecule has 1 aliphatic heterocycles. The molecule has 0 radical (unpaired) electrons. The van der Waals surface area contributed by atoms with Crippen molar-refractivity contribution in [1.29, 1.82) is 0 Å². The van der Waals surface area contributed by atoms with Gasteiger partial charge in [-0.1, -0.05) is 12.1 Å². The van der Waals surface area contributed by atoms with Gasteiger partial charge in [0.25, 0.3) is 0 Å². The van der Waals surface area contributed by atoms with Crippen molar-refractivity contribution in [3.63, 3.8) is 0 Å². The van der Waals surface area contributed by atoms with Gasteiger partial charge >= 0.3 is 0 Å². The third kappa shape index (κ3) is 3.82. The minimum Gasteiger partial charge on any atom is -0.399 e. The Morgan fingerprint density at radius 1 is 1.06 bits per heavy atom. The van der Waals surface area contributed by atoms with Crippen molar-refractivity contribution < 1.29 is 9.59 Å². The van der Waals surface area contributed by atoms with Crippen LogP contribution in [0.15, 0.2) is 71.6 Å². The highest BCUT2D eigenvalue weighted by Gasteiger charge is 2.40. The van der Waals surface area contributed by atoms with Crippen LogP contribution in [0.3, 0.4) is 0 Å². The number of thiazole rings is 1. The van der Waals surface area contributed by atoms with E-state index in [9.17, 15) is 9.59 Å². The first-order valence-electron chi connectivity index (χ1n) is 9.84. The maximum absolute atomic E-state index is 13.0. The number of hydrogen-bond donors (Lipinski definition) is 1. The lowest BCUT2D eigenvalue weighted by molar-refractivity contribution is -0.121. The zero-order chi connectivity index (χ0) is 21.5. The summed E-state index contributed by atoms with van der Waals surface area (Å²) in [6.07, 6.45) is 0.178. The van der Waals surface area contributed by atoms with Gasteiger partial charge in [0, 0.05) is 22.6 Å². The minimum absolute atomic E-state index is 0.178. The number of nitrogen functional groups attached to an aromatic ring is 1. The molecule has 3 aromatic carbocycles. The quantitative estimate of drug-likeness (QED) is 0.342. The van der Waals surface area contributed by atoms with E-state index in [4.69, 9.17) is 10.7 Å². The molecule has 154 valence electrons. The van der Waals surface area contributed by atoms with E-state index in [1.54, 1.807) is 17.4 Å². The highest BCUT2D eigenvalue weighted by Crippen LogP contribution is 2.36. The van der Waals surface area contributed by atoms with Crippen LogP contribution in [-0.4, -0.2) is 22.0 Å². The fourth-order valence-corrected chi connectivity index (χ4v) is 5.82. The summed E-state index contributed by atoms with van der Waals surface area (Å²) in [7, 11) is 0. The van der Waals surface area contributed by atoms with Gasteiger partial charge in [-0.05, 0) is 67.1 Å². The monoisotopic (exact) mass is 445 g/mol. The van der Waals surface area contributed by atoms with E-state index in [-0.39, 0.29) is 18.2 Å². The van der Waals surface area contributed by atoms with E-state index in [2.05, 4.69) is 19.1 Å². The number of nitrogens with zero attached hydrogens (tertiary/aromatic N) is 2. The van der Waals surface area contributed by atoms with Crippen LogP contribution < -0.4 is 10.6 Å². The summed E-state index contributed by atoms with van der Waals surface area (Å²) >= 11 is 3.01. The summed E-state index contributed by atoms with van der Waals surface area (Å²) in [5.41, 5.74) is 10.2. The Morgan fingerprint density at radius 2 is 1.87 bits per heavy atom. The number of aryl methyl sites for hydroxylation is 1. The second-order valence-electron chi connectivity index (χ2n) is 7.49. The standard InChI is InChI=1S/C24H19N3O2S2/c1-14-5-10-19-20(11-14)31-23(26-19)15-6-8-17(9-7-15)27-22(28)13-21(24(27)29)30-18-4-2-3-16(25)12-18/h2-12,21H,13,25H2,1H3/t21-/m0/s1. The number of imide groups is 1. The molecule has 1 aromatic heterocycles. The number of benzene rings is 3. The number of anilines is 2. The van der Waals surface area contributed by atoms with Gasteiger partial charge in [0.05, 0.1) is 21.2 Å². The topological polar surface area (TPSA) is 76.3 Å². The van der Waals surface area contributed by atoms with Gasteiger partial charge in [-0.3, -0.25) is 9.59 Å². The minimum atomic E-state index is -0.443. The molecular weight excluding hydrogens is 426 g/mol. The van der Waals surface area contributed by atoms with Gasteiger partial charge in [-0.15, -0.1) is 23.1 Å². The number of fused-ring (bicyclic) bond motifs is 1. The molecule has 1 atom stereocenters. The Labute approximate surface area is 187 Å². The lowest BCUT2D eigenvalue weighted by Gasteiger charge is -2.15. The number of rotatable bonds is 4. The van der Waals surface area contributed by atoms with Crippen LogP contribution >= 0.6 is 23.1 Å². The van der Waals surface area contributed by atoms with Crippen LogP contribution in [0, 0.1) is 6.92 Å². The Balaban J connectivity index is 1.37. The molecule has 0 bridgehead atoms. The molecule has 0 spiro atoms. The molecule has 0 aliphatic carbocycles. The number of thioether (sulfide) groups is 1. The molecule has 1 aliphatic rings. The molecule has 1 saturated heterocycles. The second-order valence-corrected chi connectivity index (χ2v) is 9.79. The Hall–Kier alpha value is -3.16. The number of carbonyl (C=O) groups excluding carboxylic acids is 2. The summed E-state index contributed by atoms with van der Waals surface area (Å²) in [6, 6.07) is 21.0. The van der Waals surface area contributed by atoms with E-state index >= 15 is 0 Å². The second kappa shape index (κ2) is 7.83. The summed E-state index contributed by atoms with van der Waals surface area (Å²) in [4.78, 5) is 32.4. The molecule has 1 fully saturated rings. The number of amides is 2. The maximum Gasteiger partial charge on any atom is 0.247 e. The zero-order valence-electron chi connectivity index (χ0n) is 16.7. The average Bonchev–Trinajstić information content (AvgIpc) is 3.28. The summed E-state index contributed by atoms with van der Waals surface area (Å²) in [5, 5.41) is 0.475. The first kappa shape index (κ1) is 19.8. The van der Waals surface area contributed by atoms with Gasteiger partial charge in [0.15, 0.2) is 0 Å². The van der Waals surface area contributed by atoms with Gasteiger partial charge in [-0.25, -0.2) is 9.88 Å². The lowest BCUT2D eigenvalue weighted by atomic mass is 10.2. The molecule has 7 heteroatoms. The Bertz CT molecular complexity index is 1310. The van der Waals surface area contributed by atoms with Gasteiger partial charge < -0.3 is 5.73 Å². The van der Waals surface area contributed by atoms with Crippen molar-refractivity contribution >= 4 is 56.5 Å². The van der Waals surface area contributed by atoms with E-state index in [1.807, 2.05) is 48.5 Å². The van der Waals surface area contributed by atoms with Crippen LogP contribution in [0.5, 0.6) is 0 Å². The highest BCUT2D eigenvalue weighted by atomic mass is 32.2. The Kier molecular flexibility index (Phi) is 5.00. The summed E-state index contributed by atoms with van der Waals surface area (Å²) in [6.45, 7) is 2.07.